The molecule has 0 aliphatic carbocycles. The molecule has 2 N–H and O–H groups in total. The van der Waals surface area contributed by atoms with E-state index in [1.165, 1.54) is 14.0 Å². The Morgan fingerprint density at radius 3 is 2.23 bits per heavy atom. The Kier molecular flexibility index (Phi) is 8.16. The van der Waals surface area contributed by atoms with E-state index in [-0.39, 0.29) is 22.9 Å². The van der Waals surface area contributed by atoms with Crippen molar-refractivity contribution < 1.29 is 45.8 Å². The molecule has 1 unspecified atom stereocenters. The largest absolute Gasteiger partial charge is 0.497 e. The van der Waals surface area contributed by atoms with E-state index in [0.717, 1.165) is 53.4 Å². The lowest BCUT2D eigenvalue weighted by atomic mass is 9.92. The summed E-state index contributed by atoms with van der Waals surface area (Å²) in [5.74, 6) is -7.84. The van der Waals surface area contributed by atoms with Gasteiger partial charge in [0.15, 0.2) is 11.6 Å². The van der Waals surface area contributed by atoms with Gasteiger partial charge in [-0.2, -0.15) is 8.78 Å². The molecule has 2 heterocycles. The third-order valence-corrected chi connectivity index (χ3v) is 5.99. The van der Waals surface area contributed by atoms with Crippen LogP contribution in [0.15, 0.2) is 48.5 Å². The molecule has 1 aromatic heterocycles. The van der Waals surface area contributed by atoms with E-state index < -0.39 is 71.7 Å². The number of aromatic nitrogens is 1. The number of anilines is 2. The van der Waals surface area contributed by atoms with Gasteiger partial charge in [0, 0.05) is 42.6 Å². The summed E-state index contributed by atoms with van der Waals surface area (Å²) in [4.78, 5) is 42.7. The fourth-order valence-electron chi connectivity index (χ4n) is 4.26. The summed E-state index contributed by atoms with van der Waals surface area (Å²) in [7, 11) is 1.20. The number of alkyl halides is 2. The minimum absolute atomic E-state index is 0.0840. The van der Waals surface area contributed by atoms with Gasteiger partial charge in [-0.25, -0.2) is 18.2 Å². The quantitative estimate of drug-likeness (QED) is 0.401. The molecule has 210 valence electrons. The van der Waals surface area contributed by atoms with E-state index in [2.05, 4.69) is 20.4 Å². The van der Waals surface area contributed by atoms with Crippen molar-refractivity contribution in [2.45, 2.75) is 25.5 Å². The molecule has 1 aliphatic rings. The monoisotopic (exact) mass is 564 g/mol. The van der Waals surface area contributed by atoms with Gasteiger partial charge in [0.25, 0.3) is 11.8 Å². The average Bonchev–Trinajstić information content (AvgIpc) is 3.19. The zero-order valence-corrected chi connectivity index (χ0v) is 20.9. The predicted molar refractivity (Wildman–Crippen MR) is 131 cm³/mol. The number of benzene rings is 2. The molecule has 14 heteroatoms. The van der Waals surface area contributed by atoms with Crippen LogP contribution in [0.25, 0.3) is 0 Å². The second-order valence-electron chi connectivity index (χ2n) is 8.60. The number of halogens is 5. The van der Waals surface area contributed by atoms with Gasteiger partial charge in [-0.05, 0) is 36.4 Å². The number of nitrogens with zero attached hydrogens (tertiary/aromatic N) is 2. The first kappa shape index (κ1) is 28.3. The van der Waals surface area contributed by atoms with Gasteiger partial charge >= 0.3 is 6.61 Å². The van der Waals surface area contributed by atoms with Gasteiger partial charge in [-0.3, -0.25) is 19.3 Å². The molecular formula is C26H21F5N4O5. The number of carbonyl (C=O) groups is 3. The number of methoxy groups -OCH3 is 1. The first-order chi connectivity index (χ1) is 19.0. The molecule has 0 radical (unpaired) electrons. The molecule has 0 saturated carbocycles. The molecule has 0 bridgehead atoms. The number of hydrogen-bond donors (Lipinski definition) is 2. The van der Waals surface area contributed by atoms with Gasteiger partial charge in [0.05, 0.1) is 7.11 Å². The third kappa shape index (κ3) is 5.95. The lowest BCUT2D eigenvalue weighted by molar-refractivity contribution is -0.119. The Morgan fingerprint density at radius 1 is 1.00 bits per heavy atom. The van der Waals surface area contributed by atoms with Crippen molar-refractivity contribution in [2.75, 3.05) is 23.9 Å². The Labute approximate surface area is 223 Å². The van der Waals surface area contributed by atoms with Gasteiger partial charge in [0.2, 0.25) is 5.91 Å². The molecule has 1 saturated heterocycles. The highest BCUT2D eigenvalue weighted by Crippen LogP contribution is 2.37. The van der Waals surface area contributed by atoms with Crippen LogP contribution in [0.3, 0.4) is 0 Å². The Bertz CT molecular complexity index is 1430. The van der Waals surface area contributed by atoms with E-state index in [1.807, 2.05) is 0 Å². The molecule has 2 aromatic carbocycles. The van der Waals surface area contributed by atoms with Crippen molar-refractivity contribution in [1.82, 2.24) is 10.3 Å². The van der Waals surface area contributed by atoms with Crippen LogP contribution in [0.2, 0.25) is 0 Å². The molecule has 4 rings (SSSR count). The number of amides is 3. The SMILES string of the molecule is COc1cc(F)c([C@@H]2CN(c3nc(NC(C)=O)ccc3F)C(=O)C2NC(=O)c2ccc(OC(F)F)cc2)c(F)c1. The molecule has 1 aliphatic heterocycles. The van der Waals surface area contributed by atoms with Crippen LogP contribution in [0.4, 0.5) is 33.6 Å². The lowest BCUT2D eigenvalue weighted by Gasteiger charge is -2.20. The maximum atomic E-state index is 15.1. The predicted octanol–water partition coefficient (Wildman–Crippen LogP) is 4.00. The van der Waals surface area contributed by atoms with Crippen LogP contribution >= 0.6 is 0 Å². The third-order valence-electron chi connectivity index (χ3n) is 5.99. The summed E-state index contributed by atoms with van der Waals surface area (Å²) in [6.45, 7) is -2.40. The number of nitrogens with one attached hydrogen (secondary N) is 2. The lowest BCUT2D eigenvalue weighted by Crippen LogP contribution is -2.44. The molecule has 3 amide bonds. The fraction of sp³-hybridized carbons (Fsp3) is 0.231. The second kappa shape index (κ2) is 11.6. The molecule has 3 aromatic rings. The maximum absolute atomic E-state index is 15.1. The molecule has 0 spiro atoms. The molecule has 2 atom stereocenters. The van der Waals surface area contributed by atoms with Crippen LogP contribution in [0, 0.1) is 17.5 Å². The number of carbonyl (C=O) groups excluding carboxylic acids is 3. The highest BCUT2D eigenvalue weighted by Gasteiger charge is 2.46. The van der Waals surface area contributed by atoms with E-state index in [0.29, 0.717) is 0 Å². The van der Waals surface area contributed by atoms with E-state index >= 15 is 8.78 Å². The molecule has 9 nitrogen and oxygen atoms in total. The van der Waals surface area contributed by atoms with Crippen molar-refractivity contribution in [2.24, 2.45) is 0 Å². The Hall–Kier alpha value is -4.75. The number of pyridine rings is 1. The number of ether oxygens (including phenoxy) is 2. The topological polar surface area (TPSA) is 110 Å². The molecule has 40 heavy (non-hydrogen) atoms. The van der Waals surface area contributed by atoms with Gasteiger partial charge in [-0.15, -0.1) is 0 Å². The summed E-state index contributed by atoms with van der Waals surface area (Å²) in [6, 6.07) is 6.75. The summed E-state index contributed by atoms with van der Waals surface area (Å²) in [5.41, 5.74) is -0.652. The van der Waals surface area contributed by atoms with Crippen LogP contribution in [-0.4, -0.2) is 49.0 Å². The summed E-state index contributed by atoms with van der Waals surface area (Å²) < 4.78 is 79.0. The van der Waals surface area contributed by atoms with Gasteiger partial charge in [0.1, 0.15) is 35.0 Å². The van der Waals surface area contributed by atoms with Crippen LogP contribution in [-0.2, 0) is 9.59 Å². The molecular weight excluding hydrogens is 543 g/mol. The first-order valence-corrected chi connectivity index (χ1v) is 11.6. The maximum Gasteiger partial charge on any atom is 0.387 e. The Morgan fingerprint density at radius 2 is 1.65 bits per heavy atom. The first-order valence-electron chi connectivity index (χ1n) is 11.6. The van der Waals surface area contributed by atoms with E-state index in [1.54, 1.807) is 0 Å². The number of hydrogen-bond acceptors (Lipinski definition) is 6. The minimum atomic E-state index is -3.09. The van der Waals surface area contributed by atoms with Crippen LogP contribution < -0.4 is 25.0 Å². The smallest absolute Gasteiger partial charge is 0.387 e. The van der Waals surface area contributed by atoms with E-state index in [9.17, 15) is 27.6 Å². The number of rotatable bonds is 8. The van der Waals surface area contributed by atoms with Crippen LogP contribution in [0.5, 0.6) is 11.5 Å². The summed E-state index contributed by atoms with van der Waals surface area (Å²) in [5, 5.41) is 4.75. The van der Waals surface area contributed by atoms with Crippen molar-refractivity contribution >= 4 is 29.4 Å². The fourth-order valence-corrected chi connectivity index (χ4v) is 4.26. The summed E-state index contributed by atoms with van der Waals surface area (Å²) in [6.07, 6.45) is 0. The Balaban J connectivity index is 1.72. The zero-order valence-electron chi connectivity index (χ0n) is 20.9. The van der Waals surface area contributed by atoms with Crippen molar-refractivity contribution in [1.29, 1.82) is 0 Å². The second-order valence-corrected chi connectivity index (χ2v) is 8.60. The van der Waals surface area contributed by atoms with Gasteiger partial charge in [-0.1, -0.05) is 0 Å². The normalized spacial score (nSPS) is 16.7. The standard InChI is InChI=1S/C26H21F5N4O5/c1-12(36)32-20-8-7-17(27)23(33-20)35-11-16(21-18(28)9-15(39-2)10-19(21)29)22(25(35)38)34-24(37)13-3-5-14(6-4-13)40-26(30)31/h3-10,16,22,26H,11H2,1-2H3,(H,34,37)(H,32,33,36)/t16-,22?/m0/s1. The summed E-state index contributed by atoms with van der Waals surface area (Å²) >= 11 is 0. The highest BCUT2D eigenvalue weighted by atomic mass is 19.3. The van der Waals surface area contributed by atoms with Crippen molar-refractivity contribution in [3.05, 3.63) is 77.1 Å². The van der Waals surface area contributed by atoms with Crippen molar-refractivity contribution in [3.8, 4) is 11.5 Å². The van der Waals surface area contributed by atoms with Crippen LogP contribution in [0.1, 0.15) is 28.8 Å². The van der Waals surface area contributed by atoms with Gasteiger partial charge < -0.3 is 20.1 Å². The highest BCUT2D eigenvalue weighted by molar-refractivity contribution is 6.04. The molecule has 1 fully saturated rings. The van der Waals surface area contributed by atoms with E-state index in [4.69, 9.17) is 4.74 Å². The minimum Gasteiger partial charge on any atom is -0.497 e. The van der Waals surface area contributed by atoms with Crippen molar-refractivity contribution in [3.63, 3.8) is 0 Å². The zero-order chi connectivity index (χ0) is 29.1. The average molecular weight is 564 g/mol.